The van der Waals surface area contributed by atoms with Crippen LogP contribution in [0.25, 0.3) is 0 Å². The van der Waals surface area contributed by atoms with Gasteiger partial charge in [-0.1, -0.05) is 48.5 Å². The minimum Gasteiger partial charge on any atom is -0.478 e. The zero-order chi connectivity index (χ0) is 15.8. The second-order valence-corrected chi connectivity index (χ2v) is 7.43. The van der Waals surface area contributed by atoms with E-state index in [1.54, 1.807) is 12.1 Å². The van der Waals surface area contributed by atoms with Crippen LogP contribution in [-0.4, -0.2) is 11.1 Å². The van der Waals surface area contributed by atoms with Gasteiger partial charge in [-0.3, -0.25) is 0 Å². The van der Waals surface area contributed by atoms with Crippen molar-refractivity contribution in [3.63, 3.8) is 0 Å². The quantitative estimate of drug-likeness (QED) is 0.557. The molecule has 3 heteroatoms. The molecule has 3 aromatic carbocycles. The van der Waals surface area contributed by atoms with Crippen molar-refractivity contribution in [3.05, 3.63) is 89.5 Å². The highest BCUT2D eigenvalue weighted by Crippen LogP contribution is 2.41. The van der Waals surface area contributed by atoms with E-state index in [2.05, 4.69) is 36.4 Å². The van der Waals surface area contributed by atoms with E-state index in [1.165, 1.54) is 20.9 Å². The highest BCUT2D eigenvalue weighted by Gasteiger charge is 2.39. The topological polar surface area (TPSA) is 37.3 Å². The van der Waals surface area contributed by atoms with Crippen molar-refractivity contribution in [2.45, 2.75) is 21.1 Å². The number of hydrogen-bond donors (Lipinski definition) is 1. The van der Waals surface area contributed by atoms with Crippen LogP contribution in [0.15, 0.2) is 87.5 Å². The maximum atomic E-state index is 11.7. The minimum atomic E-state index is -0.867. The second kappa shape index (κ2) is 5.60. The van der Waals surface area contributed by atoms with E-state index >= 15 is 0 Å². The molecule has 23 heavy (non-hydrogen) atoms. The van der Waals surface area contributed by atoms with Crippen LogP contribution in [0, 0.1) is 0 Å². The fourth-order valence-electron chi connectivity index (χ4n) is 3.08. The normalized spacial score (nSPS) is 13.2. The number of hydrogen-bond acceptors (Lipinski definition) is 1. The van der Waals surface area contributed by atoms with Crippen molar-refractivity contribution in [2.24, 2.45) is 0 Å². The first kappa shape index (κ1) is 14.1. The number of carboxylic acids is 1. The van der Waals surface area contributed by atoms with Gasteiger partial charge in [0, 0.05) is 17.5 Å². The first-order valence-corrected chi connectivity index (χ1v) is 8.70. The molecule has 2 nitrogen and oxygen atoms in total. The Morgan fingerprint density at radius 3 is 1.78 bits per heavy atom. The van der Waals surface area contributed by atoms with Gasteiger partial charge in [0.2, 0.25) is 0 Å². The van der Waals surface area contributed by atoms with Crippen molar-refractivity contribution in [3.8, 4) is 0 Å². The van der Waals surface area contributed by atoms with Crippen LogP contribution in [-0.2, 0) is 17.3 Å². The average molecular weight is 319 g/mol. The molecule has 0 spiro atoms. The molecule has 0 bridgehead atoms. The van der Waals surface area contributed by atoms with Gasteiger partial charge in [0.05, 0.1) is 0 Å². The molecule has 0 atom stereocenters. The van der Waals surface area contributed by atoms with Gasteiger partial charge in [-0.15, -0.1) is 0 Å². The molecule has 1 heterocycles. The first-order chi connectivity index (χ1) is 11.3. The van der Waals surface area contributed by atoms with Crippen LogP contribution in [0.1, 0.15) is 21.5 Å². The molecule has 3 aromatic rings. The molecule has 0 amide bonds. The zero-order valence-electron chi connectivity index (χ0n) is 12.4. The molecule has 4 rings (SSSR count). The summed E-state index contributed by atoms with van der Waals surface area (Å²) in [5.74, 6) is -0.867. The highest BCUT2D eigenvalue weighted by atomic mass is 32.2. The number of aromatic carboxylic acids is 1. The van der Waals surface area contributed by atoms with Crippen molar-refractivity contribution in [2.75, 3.05) is 0 Å². The van der Waals surface area contributed by atoms with E-state index in [1.807, 2.05) is 24.3 Å². The molecule has 0 aromatic heterocycles. The summed E-state index contributed by atoms with van der Waals surface area (Å²) in [5, 5.41) is 9.60. The molecule has 0 saturated carbocycles. The summed E-state index contributed by atoms with van der Waals surface area (Å²) in [6.07, 6.45) is 0.908. The molecule has 112 valence electrons. The number of rotatable bonds is 2. The van der Waals surface area contributed by atoms with Crippen LogP contribution in [0.2, 0.25) is 0 Å². The summed E-state index contributed by atoms with van der Waals surface area (Å²) in [7, 11) is -0.371. The van der Waals surface area contributed by atoms with E-state index in [9.17, 15) is 9.90 Å². The van der Waals surface area contributed by atoms with E-state index in [0.29, 0.717) is 5.56 Å². The SMILES string of the molecule is O=C(O)c1ccccc1[S+]1c2ccccc2Cc2ccccc21. The maximum absolute atomic E-state index is 11.7. The molecule has 0 saturated heterocycles. The Morgan fingerprint density at radius 2 is 1.22 bits per heavy atom. The Kier molecular flexibility index (Phi) is 3.43. The third-order valence-electron chi connectivity index (χ3n) is 4.10. The fraction of sp³-hybridized carbons (Fsp3) is 0.0500. The van der Waals surface area contributed by atoms with Gasteiger partial charge in [0.15, 0.2) is 14.7 Å². The van der Waals surface area contributed by atoms with E-state index in [0.717, 1.165) is 11.3 Å². The Bertz CT molecular complexity index is 856. The summed E-state index contributed by atoms with van der Waals surface area (Å²) in [6, 6.07) is 24.1. The zero-order valence-corrected chi connectivity index (χ0v) is 13.2. The van der Waals surface area contributed by atoms with Crippen molar-refractivity contribution in [1.29, 1.82) is 0 Å². The van der Waals surface area contributed by atoms with Crippen LogP contribution < -0.4 is 0 Å². The smallest absolute Gasteiger partial charge is 0.340 e. The van der Waals surface area contributed by atoms with Crippen molar-refractivity contribution in [1.82, 2.24) is 0 Å². The van der Waals surface area contributed by atoms with Gasteiger partial charge in [0.1, 0.15) is 16.5 Å². The number of fused-ring (bicyclic) bond motifs is 2. The molecule has 1 aliphatic rings. The average Bonchev–Trinajstić information content (AvgIpc) is 2.59. The molecule has 0 radical (unpaired) electrons. The third-order valence-corrected chi connectivity index (χ3v) is 6.58. The maximum Gasteiger partial charge on any atom is 0.340 e. The van der Waals surface area contributed by atoms with Gasteiger partial charge in [0.25, 0.3) is 0 Å². The molecular weight excluding hydrogens is 304 g/mol. The lowest BCUT2D eigenvalue weighted by atomic mass is 10.0. The number of benzene rings is 3. The van der Waals surface area contributed by atoms with Gasteiger partial charge in [-0.05, 0) is 24.3 Å². The summed E-state index contributed by atoms with van der Waals surface area (Å²) >= 11 is 0. The molecule has 0 aliphatic carbocycles. The molecule has 1 aliphatic heterocycles. The Balaban J connectivity index is 2.01. The molecule has 1 N–H and O–H groups in total. The van der Waals surface area contributed by atoms with Gasteiger partial charge in [-0.2, -0.15) is 0 Å². The lowest BCUT2D eigenvalue weighted by Gasteiger charge is -2.20. The second-order valence-electron chi connectivity index (χ2n) is 5.50. The summed E-state index contributed by atoms with van der Waals surface area (Å²) < 4.78 is 0. The van der Waals surface area contributed by atoms with Crippen molar-refractivity contribution >= 4 is 16.9 Å². The lowest BCUT2D eigenvalue weighted by molar-refractivity contribution is 0.0693. The highest BCUT2D eigenvalue weighted by molar-refractivity contribution is 7.97. The number of carboxylic acid groups (broad SMARTS) is 1. The summed E-state index contributed by atoms with van der Waals surface area (Å²) in [4.78, 5) is 15.1. The molecular formula is C20H15O2S+. The lowest BCUT2D eigenvalue weighted by Crippen LogP contribution is -2.18. The molecule has 0 unspecified atom stereocenters. The van der Waals surface area contributed by atoms with E-state index in [4.69, 9.17) is 0 Å². The van der Waals surface area contributed by atoms with Gasteiger partial charge >= 0.3 is 5.97 Å². The monoisotopic (exact) mass is 319 g/mol. The minimum absolute atomic E-state index is 0.371. The largest absolute Gasteiger partial charge is 0.478 e. The summed E-state index contributed by atoms with van der Waals surface area (Å²) in [5.41, 5.74) is 2.96. The third kappa shape index (κ3) is 2.34. The Morgan fingerprint density at radius 1 is 0.739 bits per heavy atom. The van der Waals surface area contributed by atoms with Gasteiger partial charge < -0.3 is 5.11 Å². The van der Waals surface area contributed by atoms with Crippen molar-refractivity contribution < 1.29 is 9.90 Å². The number of carbonyl (C=O) groups is 1. The van der Waals surface area contributed by atoms with Crippen LogP contribution in [0.3, 0.4) is 0 Å². The first-order valence-electron chi connectivity index (χ1n) is 7.48. The molecule has 0 fully saturated rings. The van der Waals surface area contributed by atoms with E-state index < -0.39 is 5.97 Å². The van der Waals surface area contributed by atoms with Crippen LogP contribution in [0.5, 0.6) is 0 Å². The van der Waals surface area contributed by atoms with Gasteiger partial charge in [-0.25, -0.2) is 4.79 Å². The van der Waals surface area contributed by atoms with Crippen LogP contribution >= 0.6 is 0 Å². The standard InChI is InChI=1S/C20H14O2S/c21-20(22)16-9-3-6-12-19(16)23-17-10-4-1-7-14(17)13-15-8-2-5-11-18(15)23/h1-12H,13H2/p+1. The summed E-state index contributed by atoms with van der Waals surface area (Å²) in [6.45, 7) is 0. The fourth-order valence-corrected chi connectivity index (χ4v) is 5.61. The van der Waals surface area contributed by atoms with E-state index in [-0.39, 0.29) is 10.9 Å². The predicted molar refractivity (Wildman–Crippen MR) is 91.3 cm³/mol. The Hall–Kier alpha value is -2.52. The Labute approximate surface area is 137 Å². The van der Waals surface area contributed by atoms with Crippen LogP contribution in [0.4, 0.5) is 0 Å². The predicted octanol–water partition coefficient (Wildman–Crippen LogP) is 4.38.